The Bertz CT molecular complexity index is 934. The van der Waals surface area contributed by atoms with Crippen molar-refractivity contribution in [3.8, 4) is 0 Å². The summed E-state index contributed by atoms with van der Waals surface area (Å²) >= 11 is 0. The highest BCUT2D eigenvalue weighted by molar-refractivity contribution is 5.69. The first kappa shape index (κ1) is 51.8. The summed E-state index contributed by atoms with van der Waals surface area (Å²) in [6, 6.07) is 0. The van der Waals surface area contributed by atoms with E-state index < -0.39 is 0 Å². The summed E-state index contributed by atoms with van der Waals surface area (Å²) in [6.07, 6.45) is 49.7. The van der Waals surface area contributed by atoms with Crippen LogP contribution < -0.4 is 0 Å². The lowest BCUT2D eigenvalue weighted by Crippen LogP contribution is -2.27. The van der Waals surface area contributed by atoms with Gasteiger partial charge in [0.2, 0.25) is 0 Å². The van der Waals surface area contributed by atoms with E-state index in [0.29, 0.717) is 12.8 Å². The molecule has 1 heterocycles. The molecule has 7 nitrogen and oxygen atoms in total. The van der Waals surface area contributed by atoms with Crippen molar-refractivity contribution in [1.82, 2.24) is 0 Å². The average Bonchev–Trinajstić information content (AvgIpc) is 3.19. The van der Waals surface area contributed by atoms with E-state index in [9.17, 15) is 14.7 Å². The van der Waals surface area contributed by atoms with Crippen LogP contribution in [0.15, 0.2) is 48.6 Å². The fraction of sp³-hybridized carbons (Fsp3) is 0.787. The molecule has 3 atom stereocenters. The monoisotopic (exact) mass is 761 g/mol. The van der Waals surface area contributed by atoms with E-state index in [4.69, 9.17) is 9.47 Å². The van der Waals surface area contributed by atoms with E-state index in [1.165, 1.54) is 104 Å². The van der Waals surface area contributed by atoms with E-state index in [1.54, 1.807) is 0 Å². The van der Waals surface area contributed by atoms with E-state index in [0.717, 1.165) is 90.1 Å². The van der Waals surface area contributed by atoms with Gasteiger partial charge in [-0.3, -0.25) is 9.59 Å². The van der Waals surface area contributed by atoms with Crippen LogP contribution in [0.25, 0.3) is 0 Å². The van der Waals surface area contributed by atoms with Gasteiger partial charge < -0.3 is 24.1 Å². The van der Waals surface area contributed by atoms with Crippen LogP contribution >= 0.6 is 0 Å². The van der Waals surface area contributed by atoms with Gasteiger partial charge in [0.15, 0.2) is 6.29 Å². The van der Waals surface area contributed by atoms with Crippen LogP contribution in [0.3, 0.4) is 0 Å². The lowest BCUT2D eigenvalue weighted by Gasteiger charge is -2.26. The Kier molecular flexibility index (Phi) is 40.2. The lowest BCUT2D eigenvalue weighted by atomic mass is 10.1. The molecule has 0 aromatic carbocycles. The number of carbonyl (C=O) groups excluding carboxylic acids is 2. The third-order valence-corrected chi connectivity index (χ3v) is 9.64. The van der Waals surface area contributed by atoms with Crippen LogP contribution in [-0.4, -0.2) is 56.4 Å². The lowest BCUT2D eigenvalue weighted by molar-refractivity contribution is -0.179. The van der Waals surface area contributed by atoms with Crippen molar-refractivity contribution >= 4 is 11.9 Å². The summed E-state index contributed by atoms with van der Waals surface area (Å²) in [5.74, 6) is -0.228. The molecule has 1 saturated heterocycles. The topological polar surface area (TPSA) is 91.3 Å². The molecule has 0 saturated carbocycles. The van der Waals surface area contributed by atoms with Crippen molar-refractivity contribution in [1.29, 1.82) is 0 Å². The normalized spacial score (nSPS) is 15.9. The predicted molar refractivity (Wildman–Crippen MR) is 226 cm³/mol. The molecule has 0 aromatic rings. The number of unbranched alkanes of at least 4 members (excludes halogenated alkanes) is 16. The second kappa shape index (κ2) is 41.9. The van der Waals surface area contributed by atoms with Crippen molar-refractivity contribution in [2.75, 3.05) is 20.8 Å². The molecule has 314 valence electrons. The summed E-state index contributed by atoms with van der Waals surface area (Å²) < 4.78 is 21.2. The molecule has 0 radical (unpaired) electrons. The number of aliphatic hydroxyl groups is 1. The number of methoxy groups -OCH3 is 2. The summed E-state index contributed by atoms with van der Waals surface area (Å²) in [6.45, 7) is 5.23. The Morgan fingerprint density at radius 1 is 0.593 bits per heavy atom. The second-order valence-corrected chi connectivity index (χ2v) is 14.7. The minimum Gasteiger partial charge on any atom is -0.469 e. The van der Waals surface area contributed by atoms with Gasteiger partial charge in [-0.15, -0.1) is 0 Å². The number of hydrogen-bond donors (Lipinski definition) is 1. The molecule has 0 amide bonds. The predicted octanol–water partition coefficient (Wildman–Crippen LogP) is 13.0. The van der Waals surface area contributed by atoms with Crippen LogP contribution in [0.1, 0.15) is 200 Å². The zero-order valence-corrected chi connectivity index (χ0v) is 35.5. The zero-order chi connectivity index (χ0) is 39.6. The Hall–Kier alpha value is -2.22. The Morgan fingerprint density at radius 2 is 1.04 bits per heavy atom. The van der Waals surface area contributed by atoms with Crippen LogP contribution in [0.5, 0.6) is 0 Å². The second-order valence-electron chi connectivity index (χ2n) is 14.7. The smallest absolute Gasteiger partial charge is 0.305 e. The van der Waals surface area contributed by atoms with Crippen molar-refractivity contribution in [2.45, 2.75) is 219 Å². The van der Waals surface area contributed by atoms with Crippen LogP contribution in [0.2, 0.25) is 0 Å². The molecule has 0 spiro atoms. The number of carbonyl (C=O) groups is 2. The Morgan fingerprint density at radius 3 is 1.50 bits per heavy atom. The summed E-state index contributed by atoms with van der Waals surface area (Å²) in [5, 5.41) is 9.68. The summed E-state index contributed by atoms with van der Waals surface area (Å²) in [5.41, 5.74) is 0. The quantitative estimate of drug-likeness (QED) is 0.0397. The first-order chi connectivity index (χ1) is 26.5. The number of allylic oxidation sites excluding steroid dienone is 6. The molecule has 0 aliphatic carbocycles. The zero-order valence-electron chi connectivity index (χ0n) is 35.5. The third-order valence-electron chi connectivity index (χ3n) is 9.64. The number of esters is 2. The van der Waals surface area contributed by atoms with Gasteiger partial charge in [0.1, 0.15) is 0 Å². The Balaban J connectivity index is 0.00000107. The van der Waals surface area contributed by atoms with E-state index >= 15 is 0 Å². The van der Waals surface area contributed by atoms with Gasteiger partial charge in [-0.05, 0) is 109 Å². The molecule has 1 fully saturated rings. The largest absolute Gasteiger partial charge is 0.469 e. The number of hydrogen-bond acceptors (Lipinski definition) is 7. The van der Waals surface area contributed by atoms with Gasteiger partial charge in [0.05, 0.1) is 26.4 Å². The highest BCUT2D eigenvalue weighted by atomic mass is 16.7. The first-order valence-corrected chi connectivity index (χ1v) is 22.2. The number of aliphatic hydroxyl groups excluding tert-OH is 1. The SMILES string of the molecule is CCCC[C@@H](O)/C=C\CCCCCCC/C=C\CCCC(=O)OC.CCCC[C@H](/C=C\CCCCCCC/C=C\CCCC(=O)OC)OC1CCCCO1. The molecule has 0 aromatic heterocycles. The molecule has 1 rings (SSSR count). The highest BCUT2D eigenvalue weighted by Crippen LogP contribution is 2.19. The van der Waals surface area contributed by atoms with Crippen LogP contribution in [0, 0.1) is 0 Å². The maximum Gasteiger partial charge on any atom is 0.305 e. The van der Waals surface area contributed by atoms with Crippen molar-refractivity contribution in [3.63, 3.8) is 0 Å². The fourth-order valence-corrected chi connectivity index (χ4v) is 6.15. The number of rotatable bonds is 34. The molecular weight excluding hydrogens is 677 g/mol. The Labute approximate surface area is 332 Å². The van der Waals surface area contributed by atoms with Crippen molar-refractivity contribution in [3.05, 3.63) is 48.6 Å². The van der Waals surface area contributed by atoms with Gasteiger partial charge in [-0.25, -0.2) is 0 Å². The minimum atomic E-state index is -0.246. The van der Waals surface area contributed by atoms with E-state index in [2.05, 4.69) is 65.9 Å². The van der Waals surface area contributed by atoms with Crippen LogP contribution in [-0.2, 0) is 28.5 Å². The molecular formula is C47H84O7. The molecule has 1 aliphatic rings. The average molecular weight is 761 g/mol. The van der Waals surface area contributed by atoms with Gasteiger partial charge in [0.25, 0.3) is 0 Å². The summed E-state index contributed by atoms with van der Waals surface area (Å²) in [7, 11) is 2.88. The van der Waals surface area contributed by atoms with Gasteiger partial charge in [-0.1, -0.05) is 127 Å². The van der Waals surface area contributed by atoms with E-state index in [1.807, 2.05) is 6.08 Å². The third kappa shape index (κ3) is 38.1. The molecule has 1 aliphatic heterocycles. The molecule has 54 heavy (non-hydrogen) atoms. The maximum atomic E-state index is 11.0. The van der Waals surface area contributed by atoms with E-state index in [-0.39, 0.29) is 30.4 Å². The molecule has 7 heteroatoms. The first-order valence-electron chi connectivity index (χ1n) is 22.2. The van der Waals surface area contributed by atoms with Crippen molar-refractivity contribution in [2.24, 2.45) is 0 Å². The standard InChI is InChI=1S/C26H46O4.C21H38O3/c1-3-4-19-24(30-26-22-17-18-23-29-26)20-15-13-11-9-7-5-6-8-10-12-14-16-21-25(27)28-2;1-3-4-17-20(22)18-15-13-11-9-7-5-6-8-10-12-14-16-19-21(23)24-2/h10,12,15,20,24,26H,3-9,11,13-14,16-19,21-23H2,1-2H3;10,12,15,18,20,22H,3-9,11,13-14,16-17,19H2,1-2H3/b12-10-,20-15-;12-10-,18-15-/t24-,26?;20-/m11/s1. The van der Waals surface area contributed by atoms with Gasteiger partial charge in [-0.2, -0.15) is 0 Å². The molecule has 0 bridgehead atoms. The molecule has 1 unspecified atom stereocenters. The maximum absolute atomic E-state index is 11.0. The highest BCUT2D eigenvalue weighted by Gasteiger charge is 2.18. The fourth-order valence-electron chi connectivity index (χ4n) is 6.15. The molecule has 1 N–H and O–H groups in total. The van der Waals surface area contributed by atoms with Gasteiger partial charge >= 0.3 is 11.9 Å². The van der Waals surface area contributed by atoms with Gasteiger partial charge in [0, 0.05) is 19.4 Å². The number of ether oxygens (including phenoxy) is 4. The minimum absolute atomic E-state index is 0.00662. The van der Waals surface area contributed by atoms with Crippen LogP contribution in [0.4, 0.5) is 0 Å². The summed E-state index contributed by atoms with van der Waals surface area (Å²) in [4.78, 5) is 21.9. The van der Waals surface area contributed by atoms with Crippen molar-refractivity contribution < 1.29 is 33.6 Å².